The van der Waals surface area contributed by atoms with Gasteiger partial charge >= 0.3 is 6.80 Å². The number of carbonyl (C=O) groups is 6. The van der Waals surface area contributed by atoms with Crippen LogP contribution in [0.2, 0.25) is 0 Å². The van der Waals surface area contributed by atoms with Crippen LogP contribution < -0.4 is 0 Å². The first-order valence-electron chi connectivity index (χ1n) is 16.7. The van der Waals surface area contributed by atoms with Crippen molar-refractivity contribution >= 4 is 53.8 Å². The Balaban J connectivity index is 1.42. The lowest BCUT2D eigenvalue weighted by molar-refractivity contribution is -0.0534. The maximum absolute atomic E-state index is 14.9. The number of imide groups is 3. The Morgan fingerprint density at radius 1 is 0.480 bits per heavy atom. The van der Waals surface area contributed by atoms with Gasteiger partial charge in [0.25, 0.3) is 35.4 Å². The van der Waals surface area contributed by atoms with Gasteiger partial charge in [0.05, 0.1) is 44.9 Å². The van der Waals surface area contributed by atoms with E-state index in [1.165, 1.54) is 18.2 Å². The van der Waals surface area contributed by atoms with Gasteiger partial charge in [-0.1, -0.05) is 59.7 Å². The van der Waals surface area contributed by atoms with Gasteiger partial charge in [-0.25, -0.2) is 8.87 Å². The summed E-state index contributed by atoms with van der Waals surface area (Å²) < 4.78 is 26.8. The predicted molar refractivity (Wildman–Crippen MR) is 184 cm³/mol. The monoisotopic (exact) mass is 717 g/mol. The average molecular weight is 718 g/mol. The number of benzene rings is 3. The largest absolute Gasteiger partial charge is 0.453 e. The Morgan fingerprint density at radius 3 is 1.16 bits per heavy atom. The number of hydrogen-bond donors (Lipinski definition) is 0. The summed E-state index contributed by atoms with van der Waals surface area (Å²) in [7, 11) is 0. The highest BCUT2D eigenvalue weighted by molar-refractivity contribution is 8.54. The van der Waals surface area contributed by atoms with Gasteiger partial charge in [-0.05, 0) is 90.1 Å². The second kappa shape index (κ2) is 13.4. The van der Waals surface area contributed by atoms with Crippen LogP contribution in [-0.4, -0.2) is 49.9 Å². The highest BCUT2D eigenvalue weighted by Crippen LogP contribution is 2.65. The third-order valence-electron chi connectivity index (χ3n) is 9.42. The van der Waals surface area contributed by atoms with Crippen molar-refractivity contribution in [2.45, 2.75) is 80.1 Å². The summed E-state index contributed by atoms with van der Waals surface area (Å²) in [6.45, 7) is 5.98. The van der Waals surface area contributed by atoms with E-state index in [0.717, 1.165) is 16.7 Å². The SMILES string of the molecule is CCc1ccc2c(c1CC)C(=O)N(OP(=O)(ON1C(=O)c3ccc(CC)c(CC)c3C1=O)SN1C(=O)c3ccc(CC)c(CC)c3C1=O)C2=O. The predicted octanol–water partition coefficient (Wildman–Crippen LogP) is 6.87. The second-order valence-electron chi connectivity index (χ2n) is 11.9. The molecule has 0 unspecified atom stereocenters. The fraction of sp³-hybridized carbons (Fsp3) is 0.333. The minimum Gasteiger partial charge on any atom is -0.268 e. The first-order chi connectivity index (χ1) is 23.9. The van der Waals surface area contributed by atoms with E-state index < -0.39 is 42.2 Å². The molecule has 3 aliphatic heterocycles. The molecule has 0 bridgehead atoms. The van der Waals surface area contributed by atoms with Crippen LogP contribution in [0.5, 0.6) is 0 Å². The van der Waals surface area contributed by atoms with Crippen LogP contribution in [0.4, 0.5) is 0 Å². The number of amides is 6. The van der Waals surface area contributed by atoms with Gasteiger partial charge in [0, 0.05) is 0 Å². The molecule has 0 saturated carbocycles. The van der Waals surface area contributed by atoms with E-state index in [1.807, 2.05) is 41.5 Å². The molecule has 0 N–H and O–H groups in total. The number of nitrogens with zero attached hydrogens (tertiary/aromatic N) is 3. The van der Waals surface area contributed by atoms with Gasteiger partial charge in [0.1, 0.15) is 0 Å². The molecular weight excluding hydrogens is 681 g/mol. The Labute approximate surface area is 293 Å². The van der Waals surface area contributed by atoms with Gasteiger partial charge in [0.2, 0.25) is 0 Å². The molecular formula is C36H36N3O9PS. The summed E-state index contributed by atoms with van der Waals surface area (Å²) in [5, 5.41) is 0.513. The van der Waals surface area contributed by atoms with Gasteiger partial charge in [-0.3, -0.25) is 28.8 Å². The minimum atomic E-state index is -5.23. The minimum absolute atomic E-state index is 0.00132. The highest BCUT2D eigenvalue weighted by Gasteiger charge is 2.52. The standard InChI is InChI=1S/C36H36N3O9PS/c1-7-19-13-16-25-28(22(19)10-4)34(43)37(31(25)40)47-49(46,48-38-32(41)26-17-14-20(8-2)23(11-5)29(26)35(38)44)50-39-33(42)27-18-15-21(9-3)24(12-6)30(27)36(39)45/h13-18H,7-12H2,1-6H3. The van der Waals surface area contributed by atoms with Crippen LogP contribution >= 0.6 is 18.4 Å². The van der Waals surface area contributed by atoms with E-state index >= 15 is 0 Å². The van der Waals surface area contributed by atoms with E-state index in [1.54, 1.807) is 18.2 Å². The average Bonchev–Trinajstić information content (AvgIpc) is 3.61. The normalized spacial score (nSPS) is 15.5. The van der Waals surface area contributed by atoms with Crippen LogP contribution in [0.3, 0.4) is 0 Å². The van der Waals surface area contributed by atoms with Crippen molar-refractivity contribution in [1.82, 2.24) is 14.4 Å². The van der Waals surface area contributed by atoms with E-state index in [4.69, 9.17) is 9.25 Å². The number of carbonyl (C=O) groups excluding carboxylic acids is 6. The van der Waals surface area contributed by atoms with Crippen molar-refractivity contribution in [2.75, 3.05) is 0 Å². The fourth-order valence-corrected chi connectivity index (χ4v) is 9.97. The first-order valence-corrected chi connectivity index (χ1v) is 19.6. The molecule has 3 heterocycles. The smallest absolute Gasteiger partial charge is 0.268 e. The lowest BCUT2D eigenvalue weighted by Gasteiger charge is -2.26. The summed E-state index contributed by atoms with van der Waals surface area (Å²) in [5.74, 6) is -5.45. The molecule has 6 amide bonds. The molecule has 14 heteroatoms. The number of fused-ring (bicyclic) bond motifs is 3. The van der Waals surface area contributed by atoms with Crippen molar-refractivity contribution < 1.29 is 42.6 Å². The molecule has 0 aliphatic carbocycles. The third-order valence-corrected chi connectivity index (χ3v) is 12.3. The molecule has 0 aromatic heterocycles. The van der Waals surface area contributed by atoms with Crippen molar-refractivity contribution in [2.24, 2.45) is 0 Å². The summed E-state index contributed by atoms with van der Waals surface area (Å²) in [6.07, 6.45) is 2.99. The van der Waals surface area contributed by atoms with E-state index in [0.29, 0.717) is 59.5 Å². The number of rotatable bonds is 12. The Morgan fingerprint density at radius 2 is 0.820 bits per heavy atom. The molecule has 12 nitrogen and oxygen atoms in total. The summed E-state index contributed by atoms with van der Waals surface area (Å²) in [6, 6.07) is 9.64. The first kappa shape index (κ1) is 35.4. The maximum atomic E-state index is 14.9. The maximum Gasteiger partial charge on any atom is 0.453 e. The van der Waals surface area contributed by atoms with Gasteiger partial charge in [-0.15, -0.1) is 10.1 Å². The van der Waals surface area contributed by atoms with Crippen LogP contribution in [0.25, 0.3) is 0 Å². The van der Waals surface area contributed by atoms with Crippen LogP contribution in [0, 0.1) is 0 Å². The molecule has 3 aliphatic rings. The second-order valence-corrected chi connectivity index (χ2v) is 15.5. The molecule has 0 radical (unpaired) electrons. The molecule has 0 atom stereocenters. The zero-order valence-corrected chi connectivity index (χ0v) is 30.3. The zero-order valence-electron chi connectivity index (χ0n) is 28.6. The summed E-state index contributed by atoms with van der Waals surface area (Å²) in [5.41, 5.74) is 4.68. The van der Waals surface area contributed by atoms with Crippen LogP contribution in [0.1, 0.15) is 137 Å². The molecule has 6 rings (SSSR count). The summed E-state index contributed by atoms with van der Waals surface area (Å²) in [4.78, 5) is 82.5. The van der Waals surface area contributed by atoms with Crippen LogP contribution in [0.15, 0.2) is 36.4 Å². The van der Waals surface area contributed by atoms with Gasteiger partial charge in [0.15, 0.2) is 0 Å². The molecule has 0 saturated heterocycles. The highest BCUT2D eigenvalue weighted by atomic mass is 32.7. The van der Waals surface area contributed by atoms with Gasteiger partial charge in [-0.2, -0.15) is 9.25 Å². The Kier molecular flexibility index (Phi) is 9.47. The van der Waals surface area contributed by atoms with Crippen molar-refractivity contribution in [3.63, 3.8) is 0 Å². The summed E-state index contributed by atoms with van der Waals surface area (Å²) >= 11 is -0.0123. The quantitative estimate of drug-likeness (QED) is 0.110. The lowest BCUT2D eigenvalue weighted by Crippen LogP contribution is -2.34. The molecule has 260 valence electrons. The van der Waals surface area contributed by atoms with E-state index in [9.17, 15) is 33.3 Å². The van der Waals surface area contributed by atoms with Crippen molar-refractivity contribution in [3.8, 4) is 0 Å². The topological polar surface area (TPSA) is 148 Å². The fourth-order valence-electron chi connectivity index (χ4n) is 7.02. The number of aryl methyl sites for hydroxylation is 3. The van der Waals surface area contributed by atoms with E-state index in [-0.39, 0.29) is 55.1 Å². The van der Waals surface area contributed by atoms with E-state index in [2.05, 4.69) is 0 Å². The molecule has 0 spiro atoms. The molecule has 3 aromatic carbocycles. The number of hydroxylamine groups is 4. The van der Waals surface area contributed by atoms with Gasteiger partial charge < -0.3 is 0 Å². The van der Waals surface area contributed by atoms with Crippen molar-refractivity contribution in [1.29, 1.82) is 0 Å². The molecule has 50 heavy (non-hydrogen) atoms. The van der Waals surface area contributed by atoms with Crippen molar-refractivity contribution in [3.05, 3.63) is 103 Å². The van der Waals surface area contributed by atoms with Crippen LogP contribution in [-0.2, 0) is 52.3 Å². The Hall–Kier alpha value is -4.42. The Bertz CT molecular complexity index is 1860. The molecule has 3 aromatic rings. The zero-order chi connectivity index (χ0) is 36.2. The molecule has 0 fully saturated rings. The lowest BCUT2D eigenvalue weighted by atomic mass is 9.94. The third kappa shape index (κ3) is 5.35. The number of hydrogen-bond acceptors (Lipinski definition) is 10.